The SMILES string of the molecule is COC/C=C\Cc1nnc(NSC(C)C(OC)c2ncc(Cl)cn2)n1-c1c(O)cccc1OC. The summed E-state index contributed by atoms with van der Waals surface area (Å²) in [5, 5.41) is 19.6. The van der Waals surface area contributed by atoms with Crippen molar-refractivity contribution in [2.75, 3.05) is 32.7 Å². The van der Waals surface area contributed by atoms with E-state index in [0.29, 0.717) is 47.1 Å². The number of nitrogens with zero attached hydrogens (tertiary/aromatic N) is 5. The molecule has 2 N–H and O–H groups in total. The molecular weight excluding hydrogens is 480 g/mol. The van der Waals surface area contributed by atoms with Gasteiger partial charge in [0.2, 0.25) is 5.95 Å². The molecule has 0 fully saturated rings. The average Bonchev–Trinajstić information content (AvgIpc) is 3.24. The molecule has 12 heteroatoms. The number of anilines is 1. The number of methoxy groups -OCH3 is 3. The summed E-state index contributed by atoms with van der Waals surface area (Å²) in [6, 6.07) is 5.05. The summed E-state index contributed by atoms with van der Waals surface area (Å²) >= 11 is 7.27. The molecule has 0 saturated heterocycles. The van der Waals surface area contributed by atoms with E-state index in [1.54, 1.807) is 44.1 Å². The Morgan fingerprint density at radius 2 is 1.94 bits per heavy atom. The van der Waals surface area contributed by atoms with E-state index in [9.17, 15) is 5.11 Å². The summed E-state index contributed by atoms with van der Waals surface area (Å²) in [6.07, 6.45) is 6.95. The minimum absolute atomic E-state index is 0.0340. The van der Waals surface area contributed by atoms with Crippen LogP contribution in [-0.4, -0.2) is 63.0 Å². The standard InChI is InChI=1S/C22H27ClN6O4S/c1-14(20(33-4)21-24-12-15(23)13-25-21)34-28-22-27-26-18(10-5-6-11-31-2)29(22)19-16(30)8-7-9-17(19)32-3/h5-9,12-14,20,30H,10-11H2,1-4H3,(H,27,28)/b6-5-. The Kier molecular flexibility index (Phi) is 9.52. The monoisotopic (exact) mass is 506 g/mol. The Bertz CT molecular complexity index is 1100. The molecule has 0 aliphatic carbocycles. The van der Waals surface area contributed by atoms with Crippen molar-refractivity contribution < 1.29 is 19.3 Å². The Morgan fingerprint density at radius 3 is 2.62 bits per heavy atom. The smallest absolute Gasteiger partial charge is 0.239 e. The largest absolute Gasteiger partial charge is 0.506 e. The molecule has 0 spiro atoms. The molecule has 34 heavy (non-hydrogen) atoms. The van der Waals surface area contributed by atoms with Crippen LogP contribution < -0.4 is 9.46 Å². The van der Waals surface area contributed by atoms with E-state index < -0.39 is 6.10 Å². The van der Waals surface area contributed by atoms with Crippen LogP contribution in [0.3, 0.4) is 0 Å². The zero-order chi connectivity index (χ0) is 24.5. The molecule has 1 aromatic carbocycles. The number of para-hydroxylation sites is 1. The van der Waals surface area contributed by atoms with Gasteiger partial charge < -0.3 is 19.3 Å². The van der Waals surface area contributed by atoms with Crippen molar-refractivity contribution in [3.05, 3.63) is 59.4 Å². The fourth-order valence-corrected chi connectivity index (χ4v) is 4.06. The number of hydrogen-bond donors (Lipinski definition) is 2. The van der Waals surface area contributed by atoms with E-state index >= 15 is 0 Å². The molecule has 3 aromatic rings. The lowest BCUT2D eigenvalue weighted by atomic mass is 10.2. The van der Waals surface area contributed by atoms with Gasteiger partial charge in [0.1, 0.15) is 29.1 Å². The van der Waals surface area contributed by atoms with Crippen LogP contribution in [0, 0.1) is 0 Å². The van der Waals surface area contributed by atoms with E-state index in [1.807, 2.05) is 19.1 Å². The summed E-state index contributed by atoms with van der Waals surface area (Å²) in [7, 11) is 4.77. The third-order valence-corrected chi connectivity index (χ3v) is 5.91. The normalized spacial score (nSPS) is 13.2. The molecule has 0 saturated carbocycles. The number of rotatable bonds is 12. The number of benzene rings is 1. The molecule has 3 rings (SSSR count). The van der Waals surface area contributed by atoms with E-state index in [-0.39, 0.29) is 11.0 Å². The van der Waals surface area contributed by atoms with E-state index in [4.69, 9.17) is 25.8 Å². The number of aromatic nitrogens is 5. The Hall–Kier alpha value is -2.86. The molecule has 0 aliphatic rings. The molecule has 2 unspecified atom stereocenters. The van der Waals surface area contributed by atoms with Crippen molar-refractivity contribution in [1.29, 1.82) is 0 Å². The number of phenols is 1. The molecule has 2 heterocycles. The van der Waals surface area contributed by atoms with Gasteiger partial charge in [-0.25, -0.2) is 9.97 Å². The topological polar surface area (TPSA) is 116 Å². The molecule has 10 nitrogen and oxygen atoms in total. The van der Waals surface area contributed by atoms with E-state index in [1.165, 1.54) is 24.3 Å². The molecule has 2 aromatic heterocycles. The van der Waals surface area contributed by atoms with Crippen LogP contribution >= 0.6 is 23.5 Å². The van der Waals surface area contributed by atoms with Crippen molar-refractivity contribution in [3.8, 4) is 17.2 Å². The first-order valence-electron chi connectivity index (χ1n) is 10.4. The first-order chi connectivity index (χ1) is 16.5. The maximum absolute atomic E-state index is 10.7. The van der Waals surface area contributed by atoms with Crippen LogP contribution in [0.1, 0.15) is 24.7 Å². The second-order valence-electron chi connectivity index (χ2n) is 7.07. The van der Waals surface area contributed by atoms with Crippen molar-refractivity contribution in [1.82, 2.24) is 24.7 Å². The van der Waals surface area contributed by atoms with Gasteiger partial charge in [-0.05, 0) is 31.0 Å². The molecule has 0 radical (unpaired) electrons. The van der Waals surface area contributed by atoms with Crippen LogP contribution in [0.15, 0.2) is 42.7 Å². The third-order valence-electron chi connectivity index (χ3n) is 4.79. The van der Waals surface area contributed by atoms with Gasteiger partial charge in [0.15, 0.2) is 5.82 Å². The maximum Gasteiger partial charge on any atom is 0.239 e. The van der Waals surface area contributed by atoms with Crippen LogP contribution in [0.4, 0.5) is 5.95 Å². The quantitative estimate of drug-likeness (QED) is 0.275. The minimum Gasteiger partial charge on any atom is -0.506 e. The van der Waals surface area contributed by atoms with Crippen LogP contribution in [0.25, 0.3) is 5.69 Å². The number of ether oxygens (including phenoxy) is 3. The van der Waals surface area contributed by atoms with Gasteiger partial charge in [0.25, 0.3) is 0 Å². The molecule has 0 bridgehead atoms. The maximum atomic E-state index is 10.7. The summed E-state index contributed by atoms with van der Waals surface area (Å²) in [4.78, 5) is 8.54. The number of allylic oxidation sites excluding steroid dienone is 1. The van der Waals surface area contributed by atoms with Crippen molar-refractivity contribution in [2.45, 2.75) is 24.7 Å². The van der Waals surface area contributed by atoms with Crippen molar-refractivity contribution in [2.24, 2.45) is 0 Å². The number of phenolic OH excluding ortho intramolecular Hbond substituents is 1. The number of aromatic hydroxyl groups is 1. The minimum atomic E-state index is -0.401. The average molecular weight is 507 g/mol. The lowest BCUT2D eigenvalue weighted by molar-refractivity contribution is 0.0972. The first kappa shape index (κ1) is 25.8. The molecule has 182 valence electrons. The predicted molar refractivity (Wildman–Crippen MR) is 132 cm³/mol. The van der Waals surface area contributed by atoms with Gasteiger partial charge in [0.05, 0.1) is 24.0 Å². The van der Waals surface area contributed by atoms with Gasteiger partial charge in [0, 0.05) is 33.0 Å². The Balaban J connectivity index is 1.89. The number of nitrogens with one attached hydrogen (secondary N) is 1. The highest BCUT2D eigenvalue weighted by atomic mass is 35.5. The predicted octanol–water partition coefficient (Wildman–Crippen LogP) is 4.01. The van der Waals surface area contributed by atoms with Gasteiger partial charge in [-0.3, -0.25) is 9.29 Å². The second kappa shape index (κ2) is 12.6. The van der Waals surface area contributed by atoms with E-state index in [2.05, 4.69) is 24.9 Å². The van der Waals surface area contributed by atoms with Crippen LogP contribution in [0.5, 0.6) is 11.5 Å². The first-order valence-corrected chi connectivity index (χ1v) is 11.6. The highest BCUT2D eigenvalue weighted by molar-refractivity contribution is 8.01. The summed E-state index contributed by atoms with van der Waals surface area (Å²) in [6.45, 7) is 2.46. The molecule has 0 aliphatic heterocycles. The van der Waals surface area contributed by atoms with E-state index in [0.717, 1.165) is 0 Å². The molecule has 0 amide bonds. The fourth-order valence-electron chi connectivity index (χ4n) is 3.19. The molecular formula is C22H27ClN6O4S. The summed E-state index contributed by atoms with van der Waals surface area (Å²) in [5.74, 6) is 2.05. The van der Waals surface area contributed by atoms with Crippen LogP contribution in [0.2, 0.25) is 5.02 Å². The lowest BCUT2D eigenvalue weighted by Crippen LogP contribution is -2.19. The number of hydrogen-bond acceptors (Lipinski definition) is 10. The number of halogens is 1. The highest BCUT2D eigenvalue weighted by Crippen LogP contribution is 2.36. The van der Waals surface area contributed by atoms with Gasteiger partial charge >= 0.3 is 0 Å². The zero-order valence-corrected chi connectivity index (χ0v) is 20.9. The van der Waals surface area contributed by atoms with Gasteiger partial charge in [-0.1, -0.05) is 29.8 Å². The van der Waals surface area contributed by atoms with Crippen LogP contribution in [-0.2, 0) is 15.9 Å². The fraction of sp³-hybridized carbons (Fsp3) is 0.364. The summed E-state index contributed by atoms with van der Waals surface area (Å²) in [5.41, 5.74) is 0.435. The van der Waals surface area contributed by atoms with Gasteiger partial charge in [-0.15, -0.1) is 10.2 Å². The Morgan fingerprint density at radius 1 is 1.18 bits per heavy atom. The molecule has 2 atom stereocenters. The van der Waals surface area contributed by atoms with Gasteiger partial charge in [-0.2, -0.15) is 0 Å². The highest BCUT2D eigenvalue weighted by Gasteiger charge is 2.25. The third kappa shape index (κ3) is 6.17. The zero-order valence-electron chi connectivity index (χ0n) is 19.3. The second-order valence-corrected chi connectivity index (χ2v) is 8.69. The van der Waals surface area contributed by atoms with Crippen molar-refractivity contribution >= 4 is 29.5 Å². The van der Waals surface area contributed by atoms with Crippen molar-refractivity contribution in [3.63, 3.8) is 0 Å². The lowest BCUT2D eigenvalue weighted by Gasteiger charge is -2.21. The summed E-state index contributed by atoms with van der Waals surface area (Å²) < 4.78 is 21.1. The Labute approximate surface area is 207 Å².